The molecule has 3 nitrogen and oxygen atoms in total. The number of nitrogens with zero attached hydrogens (tertiary/aromatic N) is 2. The molecule has 0 aliphatic rings. The smallest absolute Gasteiger partial charge is 0.249 e. The van der Waals surface area contributed by atoms with Crippen LogP contribution in [0.4, 0.5) is 0 Å². The SMILES string of the molecule is C=CCC[n+]1ccn(-c2ccccc2O)c1. The minimum atomic E-state index is 0.286. The topological polar surface area (TPSA) is 29.0 Å². The van der Waals surface area contributed by atoms with Gasteiger partial charge in [-0.25, -0.2) is 4.57 Å². The molecular weight excluding hydrogens is 200 g/mol. The first-order valence-corrected chi connectivity index (χ1v) is 5.27. The molecule has 2 aromatic rings. The van der Waals surface area contributed by atoms with Gasteiger partial charge in [0.1, 0.15) is 12.4 Å². The van der Waals surface area contributed by atoms with Crippen LogP contribution in [0.5, 0.6) is 5.75 Å². The van der Waals surface area contributed by atoms with Gasteiger partial charge >= 0.3 is 0 Å². The molecule has 0 atom stereocenters. The molecule has 0 fully saturated rings. The van der Waals surface area contributed by atoms with Crippen LogP contribution in [0.25, 0.3) is 5.69 Å². The van der Waals surface area contributed by atoms with Crippen molar-refractivity contribution in [3.05, 3.63) is 55.6 Å². The number of rotatable bonds is 4. The lowest BCUT2D eigenvalue weighted by atomic mass is 10.3. The molecule has 0 saturated heterocycles. The van der Waals surface area contributed by atoms with Crippen molar-refractivity contribution in [1.82, 2.24) is 4.57 Å². The van der Waals surface area contributed by atoms with E-state index in [1.807, 2.05) is 47.6 Å². The predicted octanol–water partition coefficient (Wildman–Crippen LogP) is 2.05. The van der Waals surface area contributed by atoms with E-state index in [0.717, 1.165) is 18.7 Å². The van der Waals surface area contributed by atoms with Crippen LogP contribution in [0, 0.1) is 0 Å². The molecule has 1 aromatic heterocycles. The molecule has 1 aromatic carbocycles. The molecule has 1 N–H and O–H groups in total. The van der Waals surface area contributed by atoms with Gasteiger partial charge in [0.05, 0.1) is 6.54 Å². The van der Waals surface area contributed by atoms with Crippen LogP contribution in [-0.2, 0) is 6.54 Å². The lowest BCUT2D eigenvalue weighted by molar-refractivity contribution is -0.695. The predicted molar refractivity (Wildman–Crippen MR) is 62.4 cm³/mol. The Morgan fingerprint density at radius 2 is 2.19 bits per heavy atom. The monoisotopic (exact) mass is 215 g/mol. The number of benzene rings is 1. The van der Waals surface area contributed by atoms with Gasteiger partial charge in [-0.2, -0.15) is 4.57 Å². The quantitative estimate of drug-likeness (QED) is 0.613. The molecule has 0 unspecified atom stereocenters. The Morgan fingerprint density at radius 1 is 1.38 bits per heavy atom. The summed E-state index contributed by atoms with van der Waals surface area (Å²) >= 11 is 0. The molecule has 0 amide bonds. The number of hydrogen-bond acceptors (Lipinski definition) is 1. The lowest BCUT2D eigenvalue weighted by Gasteiger charge is -1.97. The first-order valence-electron chi connectivity index (χ1n) is 5.27. The number of aryl methyl sites for hydroxylation is 1. The zero-order valence-corrected chi connectivity index (χ0v) is 9.08. The second kappa shape index (κ2) is 4.66. The van der Waals surface area contributed by atoms with Gasteiger partial charge in [0, 0.05) is 6.42 Å². The van der Waals surface area contributed by atoms with Crippen LogP contribution in [0.2, 0.25) is 0 Å². The van der Waals surface area contributed by atoms with Crippen LogP contribution in [-0.4, -0.2) is 9.67 Å². The first-order chi connectivity index (χ1) is 7.81. The summed E-state index contributed by atoms with van der Waals surface area (Å²) in [5.74, 6) is 0.286. The van der Waals surface area contributed by atoms with E-state index in [4.69, 9.17) is 0 Å². The maximum atomic E-state index is 9.70. The van der Waals surface area contributed by atoms with E-state index in [0.29, 0.717) is 0 Å². The van der Waals surface area contributed by atoms with Crippen LogP contribution in [0.3, 0.4) is 0 Å². The fraction of sp³-hybridized carbons (Fsp3) is 0.154. The average molecular weight is 215 g/mol. The van der Waals surface area contributed by atoms with E-state index >= 15 is 0 Å². The summed E-state index contributed by atoms with van der Waals surface area (Å²) in [7, 11) is 0. The summed E-state index contributed by atoms with van der Waals surface area (Å²) in [5, 5.41) is 9.70. The molecule has 0 saturated carbocycles. The molecular formula is C13H15N2O+. The zero-order chi connectivity index (χ0) is 11.4. The highest BCUT2D eigenvalue weighted by Gasteiger charge is 2.09. The lowest BCUT2D eigenvalue weighted by Crippen LogP contribution is -2.30. The number of phenols is 1. The van der Waals surface area contributed by atoms with E-state index < -0.39 is 0 Å². The molecule has 0 radical (unpaired) electrons. The number of phenolic OH excluding ortho intramolecular Hbond substituents is 1. The van der Waals surface area contributed by atoms with Crippen molar-refractivity contribution in [1.29, 1.82) is 0 Å². The van der Waals surface area contributed by atoms with Gasteiger partial charge in [0.25, 0.3) is 0 Å². The number of allylic oxidation sites excluding steroid dienone is 1. The summed E-state index contributed by atoms with van der Waals surface area (Å²) in [6, 6.07) is 7.29. The minimum Gasteiger partial charge on any atom is -0.504 e. The largest absolute Gasteiger partial charge is 0.504 e. The van der Waals surface area contributed by atoms with E-state index in [2.05, 4.69) is 11.1 Å². The molecule has 0 spiro atoms. The van der Waals surface area contributed by atoms with Gasteiger partial charge in [-0.1, -0.05) is 18.2 Å². The molecule has 82 valence electrons. The number of para-hydroxylation sites is 2. The van der Waals surface area contributed by atoms with Crippen LogP contribution in [0.15, 0.2) is 55.6 Å². The highest BCUT2D eigenvalue weighted by atomic mass is 16.3. The second-order valence-corrected chi connectivity index (χ2v) is 3.62. The Labute approximate surface area is 94.9 Å². The number of aromatic hydroxyl groups is 1. The highest BCUT2D eigenvalue weighted by Crippen LogP contribution is 2.19. The maximum absolute atomic E-state index is 9.70. The standard InChI is InChI=1S/C13H14N2O/c1-2-3-8-14-9-10-15(11-14)12-6-4-5-7-13(12)16/h2,4-7,9-11H,1,3,8H2/p+1. The first kappa shape index (κ1) is 10.5. The molecule has 0 aliphatic heterocycles. The van der Waals surface area contributed by atoms with E-state index in [1.54, 1.807) is 6.07 Å². The Balaban J connectivity index is 2.25. The highest BCUT2D eigenvalue weighted by molar-refractivity contribution is 5.44. The normalized spacial score (nSPS) is 10.2. The fourth-order valence-electron chi connectivity index (χ4n) is 1.59. The van der Waals surface area contributed by atoms with Crippen molar-refractivity contribution in [2.45, 2.75) is 13.0 Å². The van der Waals surface area contributed by atoms with Crippen molar-refractivity contribution < 1.29 is 9.67 Å². The summed E-state index contributed by atoms with van der Waals surface area (Å²) in [4.78, 5) is 0. The zero-order valence-electron chi connectivity index (χ0n) is 9.08. The number of imidazole rings is 1. The van der Waals surface area contributed by atoms with E-state index in [1.165, 1.54) is 0 Å². The van der Waals surface area contributed by atoms with Gasteiger partial charge in [0.15, 0.2) is 11.4 Å². The molecule has 16 heavy (non-hydrogen) atoms. The molecule has 3 heteroatoms. The summed E-state index contributed by atoms with van der Waals surface area (Å²) in [6.45, 7) is 4.60. The van der Waals surface area contributed by atoms with Gasteiger partial charge in [-0.15, -0.1) is 6.58 Å². The number of hydrogen-bond donors (Lipinski definition) is 1. The summed E-state index contributed by atoms with van der Waals surface area (Å²) in [5.41, 5.74) is 0.792. The Bertz CT molecular complexity index is 488. The Kier molecular flexibility index (Phi) is 3.05. The molecule has 0 aliphatic carbocycles. The molecule has 0 bridgehead atoms. The van der Waals surface area contributed by atoms with Gasteiger partial charge in [-0.05, 0) is 12.1 Å². The molecule has 1 heterocycles. The molecule has 2 rings (SSSR count). The van der Waals surface area contributed by atoms with E-state index in [-0.39, 0.29) is 5.75 Å². The fourth-order valence-corrected chi connectivity index (χ4v) is 1.59. The third-order valence-corrected chi connectivity index (χ3v) is 2.44. The second-order valence-electron chi connectivity index (χ2n) is 3.62. The van der Waals surface area contributed by atoms with E-state index in [9.17, 15) is 5.11 Å². The average Bonchev–Trinajstić information content (AvgIpc) is 2.75. The minimum absolute atomic E-state index is 0.286. The van der Waals surface area contributed by atoms with Crippen LogP contribution >= 0.6 is 0 Å². The van der Waals surface area contributed by atoms with Crippen molar-refractivity contribution >= 4 is 0 Å². The van der Waals surface area contributed by atoms with Gasteiger partial charge in [-0.3, -0.25) is 0 Å². The number of aromatic nitrogens is 2. The third-order valence-electron chi connectivity index (χ3n) is 2.44. The van der Waals surface area contributed by atoms with Crippen molar-refractivity contribution in [2.24, 2.45) is 0 Å². The summed E-state index contributed by atoms with van der Waals surface area (Å²) < 4.78 is 3.96. The van der Waals surface area contributed by atoms with Crippen molar-refractivity contribution in [2.75, 3.05) is 0 Å². The van der Waals surface area contributed by atoms with Crippen LogP contribution < -0.4 is 4.57 Å². The van der Waals surface area contributed by atoms with Gasteiger partial charge < -0.3 is 5.11 Å². The maximum Gasteiger partial charge on any atom is 0.249 e. The summed E-state index contributed by atoms with van der Waals surface area (Å²) in [6.07, 6.45) is 8.70. The van der Waals surface area contributed by atoms with Crippen LogP contribution in [0.1, 0.15) is 6.42 Å². The van der Waals surface area contributed by atoms with Crippen molar-refractivity contribution in [3.8, 4) is 11.4 Å². The van der Waals surface area contributed by atoms with Gasteiger partial charge in [0.2, 0.25) is 6.33 Å². The Hall–Kier alpha value is -2.03. The Morgan fingerprint density at radius 3 is 2.94 bits per heavy atom. The van der Waals surface area contributed by atoms with Crippen molar-refractivity contribution in [3.63, 3.8) is 0 Å². The third kappa shape index (κ3) is 2.14.